The first-order valence-electron chi connectivity index (χ1n) is 26.4. The molecule has 65 heavy (non-hydrogen) atoms. The first kappa shape index (κ1) is 61.1. The van der Waals surface area contributed by atoms with Crippen molar-refractivity contribution < 1.29 is 28.6 Å². The molecule has 0 spiro atoms. The molecule has 1 atom stereocenters. The van der Waals surface area contributed by atoms with Gasteiger partial charge in [0.05, 0.1) is 0 Å². The number of rotatable bonds is 46. The average Bonchev–Trinajstić information content (AvgIpc) is 3.30. The molecule has 6 nitrogen and oxygen atoms in total. The quantitative estimate of drug-likeness (QED) is 0.0262. The summed E-state index contributed by atoms with van der Waals surface area (Å²) in [6.07, 6.45) is 70.7. The molecule has 0 bridgehead atoms. The van der Waals surface area contributed by atoms with Gasteiger partial charge in [0.2, 0.25) is 0 Å². The van der Waals surface area contributed by atoms with Gasteiger partial charge in [0.25, 0.3) is 0 Å². The van der Waals surface area contributed by atoms with Gasteiger partial charge >= 0.3 is 17.9 Å². The van der Waals surface area contributed by atoms with Crippen LogP contribution in [0, 0.1) is 0 Å². The summed E-state index contributed by atoms with van der Waals surface area (Å²) in [5.41, 5.74) is 0. The summed E-state index contributed by atoms with van der Waals surface area (Å²) in [5, 5.41) is 0. The fraction of sp³-hybridized carbons (Fsp3) is 0.644. The lowest BCUT2D eigenvalue weighted by Gasteiger charge is -2.18. The van der Waals surface area contributed by atoms with E-state index in [1.807, 2.05) is 0 Å². The minimum Gasteiger partial charge on any atom is -0.462 e. The summed E-state index contributed by atoms with van der Waals surface area (Å²) < 4.78 is 16.7. The molecule has 0 unspecified atom stereocenters. The van der Waals surface area contributed by atoms with Gasteiger partial charge in [0.15, 0.2) is 6.10 Å². The van der Waals surface area contributed by atoms with E-state index in [4.69, 9.17) is 14.2 Å². The van der Waals surface area contributed by atoms with Crippen LogP contribution in [0.2, 0.25) is 0 Å². The van der Waals surface area contributed by atoms with E-state index in [0.717, 1.165) is 128 Å². The molecule has 0 aromatic rings. The fourth-order valence-corrected chi connectivity index (χ4v) is 6.77. The van der Waals surface area contributed by atoms with Crippen LogP contribution in [0.4, 0.5) is 0 Å². The number of carbonyl (C=O) groups excluding carboxylic acids is 3. The summed E-state index contributed by atoms with van der Waals surface area (Å²) >= 11 is 0. The molecular weight excluding hydrogens is 805 g/mol. The Labute approximate surface area is 400 Å². The molecule has 0 rings (SSSR count). The van der Waals surface area contributed by atoms with Crippen LogP contribution in [0.5, 0.6) is 0 Å². The smallest absolute Gasteiger partial charge is 0.306 e. The van der Waals surface area contributed by atoms with E-state index in [9.17, 15) is 14.4 Å². The van der Waals surface area contributed by atoms with Crippen LogP contribution < -0.4 is 0 Å². The lowest BCUT2D eigenvalue weighted by atomic mass is 10.1. The molecule has 0 radical (unpaired) electrons. The number of hydrogen-bond acceptors (Lipinski definition) is 6. The third-order valence-corrected chi connectivity index (χ3v) is 10.7. The minimum atomic E-state index is -0.816. The van der Waals surface area contributed by atoms with E-state index in [-0.39, 0.29) is 37.5 Å². The number of unbranched alkanes of at least 4 members (excludes halogenated alkanes) is 17. The number of ether oxygens (including phenoxy) is 3. The number of esters is 3. The maximum atomic E-state index is 12.8. The van der Waals surface area contributed by atoms with Crippen molar-refractivity contribution in [3.05, 3.63) is 109 Å². The molecule has 0 aliphatic heterocycles. The molecule has 0 amide bonds. The maximum Gasteiger partial charge on any atom is 0.306 e. The predicted molar refractivity (Wildman–Crippen MR) is 279 cm³/mol. The summed E-state index contributed by atoms with van der Waals surface area (Å²) in [6.45, 7) is 6.39. The SMILES string of the molecule is CC/C=C\C/C=C\C/C=C\C/C=C\C/C=C\CCCC(=O)OC[C@H](COC(=O)CCCCCCC/C=C\C/C=C\CCCCC)OC(=O)CCCCCCC/C=C\C/C=C\CCCCC. The van der Waals surface area contributed by atoms with E-state index in [2.05, 4.69) is 130 Å². The first-order valence-corrected chi connectivity index (χ1v) is 26.4. The van der Waals surface area contributed by atoms with Crippen LogP contribution in [-0.2, 0) is 28.6 Å². The van der Waals surface area contributed by atoms with Crippen molar-refractivity contribution >= 4 is 17.9 Å². The third kappa shape index (κ3) is 50.9. The highest BCUT2D eigenvalue weighted by Crippen LogP contribution is 2.12. The molecule has 6 heteroatoms. The number of allylic oxidation sites excluding steroid dienone is 18. The highest BCUT2D eigenvalue weighted by molar-refractivity contribution is 5.71. The van der Waals surface area contributed by atoms with Crippen LogP contribution in [0.25, 0.3) is 0 Å². The Hall–Kier alpha value is -3.93. The van der Waals surface area contributed by atoms with Crippen molar-refractivity contribution in [2.45, 2.75) is 232 Å². The number of carbonyl (C=O) groups is 3. The van der Waals surface area contributed by atoms with Crippen molar-refractivity contribution in [2.75, 3.05) is 13.2 Å². The Bertz CT molecular complexity index is 1360. The second-order valence-electron chi connectivity index (χ2n) is 17.0. The second-order valence-corrected chi connectivity index (χ2v) is 17.0. The van der Waals surface area contributed by atoms with Crippen molar-refractivity contribution in [3.63, 3.8) is 0 Å². The molecule has 0 aliphatic rings. The molecular formula is C59H96O6. The molecule has 0 heterocycles. The topological polar surface area (TPSA) is 78.9 Å². The van der Waals surface area contributed by atoms with E-state index >= 15 is 0 Å². The van der Waals surface area contributed by atoms with Crippen LogP contribution >= 0.6 is 0 Å². The molecule has 0 aliphatic carbocycles. The molecule has 368 valence electrons. The van der Waals surface area contributed by atoms with Crippen LogP contribution in [0.3, 0.4) is 0 Å². The van der Waals surface area contributed by atoms with E-state index < -0.39 is 6.10 Å². The highest BCUT2D eigenvalue weighted by Gasteiger charge is 2.19. The molecule has 0 N–H and O–H groups in total. The van der Waals surface area contributed by atoms with Crippen LogP contribution in [0.15, 0.2) is 109 Å². The van der Waals surface area contributed by atoms with E-state index in [0.29, 0.717) is 19.3 Å². The number of hydrogen-bond donors (Lipinski definition) is 0. The zero-order valence-corrected chi connectivity index (χ0v) is 42.0. The molecule has 0 saturated carbocycles. The van der Waals surface area contributed by atoms with Crippen LogP contribution in [0.1, 0.15) is 226 Å². The normalized spacial score (nSPS) is 13.0. The van der Waals surface area contributed by atoms with Crippen molar-refractivity contribution in [2.24, 2.45) is 0 Å². The van der Waals surface area contributed by atoms with Crippen molar-refractivity contribution in [1.29, 1.82) is 0 Å². The average molecular weight is 901 g/mol. The van der Waals surface area contributed by atoms with Gasteiger partial charge < -0.3 is 14.2 Å². The van der Waals surface area contributed by atoms with Crippen molar-refractivity contribution in [1.82, 2.24) is 0 Å². The monoisotopic (exact) mass is 901 g/mol. The Kier molecular flexibility index (Phi) is 49.5. The highest BCUT2D eigenvalue weighted by atomic mass is 16.6. The van der Waals surface area contributed by atoms with Gasteiger partial charge in [-0.15, -0.1) is 0 Å². The van der Waals surface area contributed by atoms with Gasteiger partial charge in [-0.3, -0.25) is 14.4 Å². The fourth-order valence-electron chi connectivity index (χ4n) is 6.77. The van der Waals surface area contributed by atoms with Crippen LogP contribution in [-0.4, -0.2) is 37.2 Å². The molecule has 0 aromatic heterocycles. The van der Waals surface area contributed by atoms with Gasteiger partial charge in [-0.05, 0) is 122 Å². The molecule has 0 aromatic carbocycles. The lowest BCUT2D eigenvalue weighted by Crippen LogP contribution is -2.30. The van der Waals surface area contributed by atoms with Gasteiger partial charge in [0, 0.05) is 19.3 Å². The van der Waals surface area contributed by atoms with Gasteiger partial charge in [-0.2, -0.15) is 0 Å². The summed E-state index contributed by atoms with van der Waals surface area (Å²) in [4.78, 5) is 38.0. The second kappa shape index (κ2) is 52.7. The zero-order valence-electron chi connectivity index (χ0n) is 42.0. The Morgan fingerprint density at radius 1 is 0.323 bits per heavy atom. The van der Waals surface area contributed by atoms with Gasteiger partial charge in [-0.25, -0.2) is 0 Å². The summed E-state index contributed by atoms with van der Waals surface area (Å²) in [7, 11) is 0. The molecule has 0 saturated heterocycles. The standard InChI is InChI=1S/C59H96O6/c1-4-7-10-13-16-19-22-25-28-29-32-34-37-40-43-46-49-52-58(61)64-55-56(65-59(62)53-50-47-44-41-38-35-31-27-24-21-18-15-12-9-6-3)54-63-57(60)51-48-45-42-39-36-33-30-26-23-20-17-14-11-8-5-2/h7,10,16-21,25-28,30-32,34,40,43,56H,4-6,8-9,11-15,22-24,29,33,35-39,41-42,44-55H2,1-3H3/b10-7-,19-16-,20-17-,21-18-,28-25-,30-26-,31-27-,34-32-,43-40-/t56-/m0/s1. The maximum absolute atomic E-state index is 12.8. The predicted octanol–water partition coefficient (Wildman–Crippen LogP) is 17.5. The van der Waals surface area contributed by atoms with E-state index in [1.54, 1.807) is 0 Å². The van der Waals surface area contributed by atoms with E-state index in [1.165, 1.54) is 51.4 Å². The van der Waals surface area contributed by atoms with Gasteiger partial charge in [0.1, 0.15) is 13.2 Å². The summed E-state index contributed by atoms with van der Waals surface area (Å²) in [6, 6.07) is 0. The van der Waals surface area contributed by atoms with Crippen molar-refractivity contribution in [3.8, 4) is 0 Å². The Morgan fingerprint density at radius 3 is 1.00 bits per heavy atom. The zero-order chi connectivity index (χ0) is 47.2. The van der Waals surface area contributed by atoms with Gasteiger partial charge in [-0.1, -0.05) is 194 Å². The Balaban J connectivity index is 4.54. The largest absolute Gasteiger partial charge is 0.462 e. The molecule has 0 fully saturated rings. The Morgan fingerprint density at radius 2 is 0.615 bits per heavy atom. The first-order chi connectivity index (χ1) is 32.0. The summed E-state index contributed by atoms with van der Waals surface area (Å²) in [5.74, 6) is -1.00. The lowest BCUT2D eigenvalue weighted by molar-refractivity contribution is -0.167. The third-order valence-electron chi connectivity index (χ3n) is 10.7. The minimum absolute atomic E-state index is 0.111.